The third-order valence-corrected chi connectivity index (χ3v) is 5.32. The summed E-state index contributed by atoms with van der Waals surface area (Å²) in [6.45, 7) is 0.335. The van der Waals surface area contributed by atoms with Gasteiger partial charge in [-0.3, -0.25) is 0 Å². The number of benzene rings is 1. The summed E-state index contributed by atoms with van der Waals surface area (Å²) in [5, 5.41) is 27.2. The minimum atomic E-state index is -1.81. The average molecular weight is 556 g/mol. The molecule has 0 unspecified atom stereocenters. The number of aliphatic hydroxyl groups is 2. The molecule has 1 heterocycles. The molecule has 1 aromatic carbocycles. The van der Waals surface area contributed by atoms with Gasteiger partial charge in [-0.05, 0) is 23.9 Å². The maximum atomic E-state index is 12.2. The third-order valence-electron chi connectivity index (χ3n) is 4.99. The lowest BCUT2D eigenvalue weighted by Crippen LogP contribution is -2.65. The first-order valence-corrected chi connectivity index (χ1v) is 12.1. The highest BCUT2D eigenvalue weighted by atomic mass is 35.6. The van der Waals surface area contributed by atoms with Crippen LogP contribution in [0.3, 0.4) is 0 Å². The van der Waals surface area contributed by atoms with E-state index in [1.807, 2.05) is 30.3 Å². The van der Waals surface area contributed by atoms with Crippen LogP contribution in [0.4, 0.5) is 4.79 Å². The first-order valence-electron chi connectivity index (χ1n) is 11.0. The number of rotatable bonds is 13. The number of alkyl carbamates (subject to hydrolysis) is 1. The Kier molecular flexibility index (Phi) is 13.2. The van der Waals surface area contributed by atoms with Gasteiger partial charge in [0.1, 0.15) is 31.0 Å². The Morgan fingerprint density at radius 1 is 1.17 bits per heavy atom. The summed E-state index contributed by atoms with van der Waals surface area (Å²) in [5.74, 6) is 0. The van der Waals surface area contributed by atoms with Crippen molar-refractivity contribution in [2.75, 3.05) is 26.4 Å². The van der Waals surface area contributed by atoms with Crippen molar-refractivity contribution in [1.82, 2.24) is 5.32 Å². The number of hydrogen-bond acceptors (Lipinski definition) is 8. The van der Waals surface area contributed by atoms with Gasteiger partial charge in [-0.1, -0.05) is 76.7 Å². The average Bonchev–Trinajstić information content (AvgIpc) is 2.82. The van der Waals surface area contributed by atoms with Crippen molar-refractivity contribution in [3.8, 4) is 0 Å². The molecule has 1 aliphatic heterocycles. The lowest BCUT2D eigenvalue weighted by Gasteiger charge is -2.42. The number of nitrogens with zero attached hydrogens (tertiary/aromatic N) is 3. The molecule has 0 saturated carbocycles. The van der Waals surface area contributed by atoms with Gasteiger partial charge in [-0.15, -0.1) is 0 Å². The Hall–Kier alpha value is -1.53. The largest absolute Gasteiger partial charge is 0.445 e. The molecule has 35 heavy (non-hydrogen) atoms. The number of alkyl halides is 3. The van der Waals surface area contributed by atoms with E-state index in [4.69, 9.17) is 59.3 Å². The van der Waals surface area contributed by atoms with E-state index < -0.39 is 47.1 Å². The van der Waals surface area contributed by atoms with Gasteiger partial charge in [0.05, 0.1) is 13.2 Å². The second-order valence-corrected chi connectivity index (χ2v) is 10.3. The van der Waals surface area contributed by atoms with Crippen molar-refractivity contribution >= 4 is 40.9 Å². The Bertz CT molecular complexity index is 812. The molecule has 2 rings (SSSR count). The standard InChI is InChI=1S/C21H29Cl3N4O7/c22-21(23,24)13-34-20(31)27-16-18(30)17(29)15(12-32-11-14-7-3-1-4-8-14)35-19(16)33-10-6-2-5-9-26-28-25/h1,3-4,7-8,15-19,29-30H,2,5-6,9-13H2,(H,27,31)/t15-,16-,17-,18-,19-/m1/s1. The van der Waals surface area contributed by atoms with Crippen molar-refractivity contribution in [1.29, 1.82) is 0 Å². The molecular formula is C21H29Cl3N4O7. The number of carbonyl (C=O) groups is 1. The van der Waals surface area contributed by atoms with Crippen LogP contribution < -0.4 is 5.32 Å². The Morgan fingerprint density at radius 2 is 1.91 bits per heavy atom. The van der Waals surface area contributed by atoms with Crippen LogP contribution in [-0.4, -0.2) is 77.1 Å². The number of ether oxygens (including phenoxy) is 4. The molecule has 0 radical (unpaired) electrons. The number of carbonyl (C=O) groups excluding carboxylic acids is 1. The first-order chi connectivity index (χ1) is 16.7. The summed E-state index contributed by atoms with van der Waals surface area (Å²) in [7, 11) is 0. The van der Waals surface area contributed by atoms with Gasteiger partial charge in [0.25, 0.3) is 0 Å². The van der Waals surface area contributed by atoms with E-state index in [-0.39, 0.29) is 19.8 Å². The second-order valence-electron chi connectivity index (χ2n) is 7.77. The monoisotopic (exact) mass is 554 g/mol. The van der Waals surface area contributed by atoms with Crippen LogP contribution in [-0.2, 0) is 25.6 Å². The second kappa shape index (κ2) is 15.6. The smallest absolute Gasteiger partial charge is 0.407 e. The van der Waals surface area contributed by atoms with Crippen LogP contribution in [0.25, 0.3) is 10.4 Å². The number of nitrogens with one attached hydrogen (secondary N) is 1. The van der Waals surface area contributed by atoms with E-state index in [9.17, 15) is 15.0 Å². The fraction of sp³-hybridized carbons (Fsp3) is 0.667. The molecule has 1 aromatic rings. The normalized spacial score (nSPS) is 24.4. The molecular weight excluding hydrogens is 527 g/mol. The first kappa shape index (κ1) is 29.7. The predicted octanol–water partition coefficient (Wildman–Crippen LogP) is 3.61. The van der Waals surface area contributed by atoms with Gasteiger partial charge in [-0.25, -0.2) is 4.79 Å². The van der Waals surface area contributed by atoms with Gasteiger partial charge >= 0.3 is 6.09 Å². The molecule has 3 N–H and O–H groups in total. The number of azide groups is 1. The number of amides is 1. The molecule has 1 fully saturated rings. The summed E-state index contributed by atoms with van der Waals surface area (Å²) in [4.78, 5) is 14.9. The summed E-state index contributed by atoms with van der Waals surface area (Å²) >= 11 is 16.8. The van der Waals surface area contributed by atoms with Crippen LogP contribution in [0.2, 0.25) is 0 Å². The van der Waals surface area contributed by atoms with Crippen LogP contribution in [0.1, 0.15) is 24.8 Å². The molecule has 0 spiro atoms. The van der Waals surface area contributed by atoms with Crippen molar-refractivity contribution in [2.24, 2.45) is 5.11 Å². The van der Waals surface area contributed by atoms with E-state index in [1.165, 1.54) is 0 Å². The molecule has 196 valence electrons. The van der Waals surface area contributed by atoms with Gasteiger partial charge in [0.2, 0.25) is 3.79 Å². The van der Waals surface area contributed by atoms with Gasteiger partial charge in [-0.2, -0.15) is 0 Å². The van der Waals surface area contributed by atoms with E-state index in [0.717, 1.165) is 12.0 Å². The van der Waals surface area contributed by atoms with Gasteiger partial charge in [0, 0.05) is 18.1 Å². The van der Waals surface area contributed by atoms with E-state index in [2.05, 4.69) is 15.3 Å². The minimum Gasteiger partial charge on any atom is -0.445 e. The molecule has 14 heteroatoms. The Balaban J connectivity index is 1.95. The highest BCUT2D eigenvalue weighted by Crippen LogP contribution is 2.27. The predicted molar refractivity (Wildman–Crippen MR) is 129 cm³/mol. The summed E-state index contributed by atoms with van der Waals surface area (Å²) < 4.78 is 20.3. The lowest BCUT2D eigenvalue weighted by atomic mass is 9.97. The van der Waals surface area contributed by atoms with Gasteiger partial charge < -0.3 is 34.5 Å². The van der Waals surface area contributed by atoms with E-state index >= 15 is 0 Å². The van der Waals surface area contributed by atoms with Crippen molar-refractivity contribution in [3.05, 3.63) is 46.3 Å². The SMILES string of the molecule is [N-]=[N+]=NCCCCCO[C@@H]1O[C@H](COCc2ccccc2)[C@@H](O)[C@H](O)[C@H]1NC(=O)OCC(Cl)(Cl)Cl. The number of halogens is 3. The quantitative estimate of drug-likeness (QED) is 0.110. The van der Waals surface area contributed by atoms with Crippen LogP contribution in [0.15, 0.2) is 35.4 Å². The fourth-order valence-electron chi connectivity index (χ4n) is 3.26. The zero-order chi connectivity index (χ0) is 25.7. The zero-order valence-corrected chi connectivity index (χ0v) is 21.1. The van der Waals surface area contributed by atoms with E-state index in [1.54, 1.807) is 0 Å². The Labute approximate surface area is 218 Å². The Morgan fingerprint density at radius 3 is 2.60 bits per heavy atom. The molecule has 5 atom stereocenters. The van der Waals surface area contributed by atoms with Crippen molar-refractivity contribution in [2.45, 2.75) is 60.3 Å². The van der Waals surface area contributed by atoms with E-state index in [0.29, 0.717) is 19.4 Å². The lowest BCUT2D eigenvalue weighted by molar-refractivity contribution is -0.272. The topological polar surface area (TPSA) is 155 Å². The molecule has 1 amide bonds. The fourth-order valence-corrected chi connectivity index (χ4v) is 3.43. The molecule has 0 aliphatic carbocycles. The molecule has 0 bridgehead atoms. The summed E-state index contributed by atoms with van der Waals surface area (Å²) in [6.07, 6.45) is -3.84. The number of aliphatic hydroxyl groups excluding tert-OH is 2. The third kappa shape index (κ3) is 11.4. The molecule has 1 saturated heterocycles. The van der Waals surface area contributed by atoms with Crippen LogP contribution >= 0.6 is 34.8 Å². The molecule has 11 nitrogen and oxygen atoms in total. The summed E-state index contributed by atoms with van der Waals surface area (Å²) in [5.41, 5.74) is 9.25. The zero-order valence-electron chi connectivity index (χ0n) is 18.8. The van der Waals surface area contributed by atoms with Gasteiger partial charge in [0.15, 0.2) is 6.29 Å². The maximum Gasteiger partial charge on any atom is 0.407 e. The summed E-state index contributed by atoms with van der Waals surface area (Å²) in [6, 6.07) is 8.26. The molecule has 1 aliphatic rings. The van der Waals surface area contributed by atoms with Crippen LogP contribution in [0, 0.1) is 0 Å². The van der Waals surface area contributed by atoms with Crippen molar-refractivity contribution in [3.63, 3.8) is 0 Å². The number of hydrogen-bond donors (Lipinski definition) is 3. The maximum absolute atomic E-state index is 12.2. The highest BCUT2D eigenvalue weighted by Gasteiger charge is 2.46. The minimum absolute atomic E-state index is 0.0242. The molecule has 0 aromatic heterocycles. The number of unbranched alkanes of at least 4 members (excludes halogenated alkanes) is 2. The van der Waals surface area contributed by atoms with Crippen LogP contribution in [0.5, 0.6) is 0 Å². The van der Waals surface area contributed by atoms with Crippen molar-refractivity contribution < 1.29 is 34.0 Å². The highest BCUT2D eigenvalue weighted by molar-refractivity contribution is 6.67.